The lowest BCUT2D eigenvalue weighted by atomic mass is 9.87. The number of fused-ring (bicyclic) bond motifs is 1. The highest BCUT2D eigenvalue weighted by Gasteiger charge is 2.19. The van der Waals surface area contributed by atoms with E-state index in [4.69, 9.17) is 4.74 Å². The largest absolute Gasteiger partial charge is 0.486 e. The van der Waals surface area contributed by atoms with Gasteiger partial charge in [0.2, 0.25) is 0 Å². The van der Waals surface area contributed by atoms with Crippen molar-refractivity contribution in [3.63, 3.8) is 0 Å². The molecule has 4 heteroatoms. The van der Waals surface area contributed by atoms with E-state index in [1.54, 1.807) is 0 Å². The molecule has 1 aliphatic carbocycles. The molecule has 4 nitrogen and oxygen atoms in total. The molecule has 1 aliphatic rings. The van der Waals surface area contributed by atoms with Crippen LogP contribution >= 0.6 is 0 Å². The molecule has 3 rings (SSSR count). The minimum absolute atomic E-state index is 0.454. The van der Waals surface area contributed by atoms with E-state index in [-0.39, 0.29) is 0 Å². The van der Waals surface area contributed by atoms with Crippen molar-refractivity contribution in [2.75, 3.05) is 7.05 Å². The number of nitrogens with one attached hydrogen (secondary N) is 1. The second-order valence-corrected chi connectivity index (χ2v) is 5.51. The molecule has 1 atom stereocenters. The summed E-state index contributed by atoms with van der Waals surface area (Å²) >= 11 is 0. The van der Waals surface area contributed by atoms with Gasteiger partial charge in [0, 0.05) is 25.0 Å². The fourth-order valence-electron chi connectivity index (χ4n) is 3.08. The summed E-state index contributed by atoms with van der Waals surface area (Å²) in [7, 11) is 2.03. The van der Waals surface area contributed by atoms with Gasteiger partial charge in [-0.1, -0.05) is 6.07 Å². The van der Waals surface area contributed by atoms with Crippen molar-refractivity contribution >= 4 is 0 Å². The topological polar surface area (TPSA) is 39.1 Å². The van der Waals surface area contributed by atoms with E-state index in [1.165, 1.54) is 30.4 Å². The molecule has 1 aromatic carbocycles. The summed E-state index contributed by atoms with van der Waals surface area (Å²) < 4.78 is 8.05. The zero-order chi connectivity index (χ0) is 14.7. The van der Waals surface area contributed by atoms with Crippen molar-refractivity contribution in [2.45, 2.75) is 45.4 Å². The number of hydrogen-bond donors (Lipinski definition) is 1. The standard InChI is InChI=1S/C17H23N3O/c1-3-20-10-9-19-17(20)12-21-14-8-7-13-5-4-6-16(18-2)15(13)11-14/h7-11,16,18H,3-6,12H2,1-2H3. The van der Waals surface area contributed by atoms with E-state index in [1.807, 2.05) is 19.4 Å². The summed E-state index contributed by atoms with van der Waals surface area (Å²) in [5.74, 6) is 1.90. The minimum Gasteiger partial charge on any atom is -0.486 e. The Bertz CT molecular complexity index is 606. The molecule has 21 heavy (non-hydrogen) atoms. The number of aryl methyl sites for hydroxylation is 2. The van der Waals surface area contributed by atoms with Crippen molar-refractivity contribution in [2.24, 2.45) is 0 Å². The fourth-order valence-corrected chi connectivity index (χ4v) is 3.08. The van der Waals surface area contributed by atoms with Crippen LogP contribution in [0.4, 0.5) is 0 Å². The van der Waals surface area contributed by atoms with Gasteiger partial charge in [-0.25, -0.2) is 4.98 Å². The highest BCUT2D eigenvalue weighted by atomic mass is 16.5. The van der Waals surface area contributed by atoms with E-state index in [0.29, 0.717) is 12.6 Å². The first kappa shape index (κ1) is 14.1. The molecule has 2 aromatic rings. The van der Waals surface area contributed by atoms with Gasteiger partial charge in [0.25, 0.3) is 0 Å². The zero-order valence-electron chi connectivity index (χ0n) is 12.8. The van der Waals surface area contributed by atoms with Gasteiger partial charge in [-0.05, 0) is 56.5 Å². The summed E-state index contributed by atoms with van der Waals surface area (Å²) in [6.45, 7) is 3.55. The molecule has 0 bridgehead atoms. The summed E-state index contributed by atoms with van der Waals surface area (Å²) in [6.07, 6.45) is 7.45. The van der Waals surface area contributed by atoms with Crippen molar-refractivity contribution in [1.29, 1.82) is 0 Å². The van der Waals surface area contributed by atoms with Gasteiger partial charge in [0.1, 0.15) is 18.2 Å². The van der Waals surface area contributed by atoms with Crippen LogP contribution in [-0.2, 0) is 19.6 Å². The predicted octanol–water partition coefficient (Wildman–Crippen LogP) is 3.08. The van der Waals surface area contributed by atoms with Crippen molar-refractivity contribution in [3.8, 4) is 5.75 Å². The maximum Gasteiger partial charge on any atom is 0.146 e. The van der Waals surface area contributed by atoms with E-state index in [2.05, 4.69) is 40.0 Å². The molecule has 1 N–H and O–H groups in total. The molecule has 0 radical (unpaired) electrons. The molecule has 1 aromatic heterocycles. The Morgan fingerprint density at radius 1 is 1.43 bits per heavy atom. The van der Waals surface area contributed by atoms with Gasteiger partial charge in [-0.15, -0.1) is 0 Å². The van der Waals surface area contributed by atoms with Crippen LogP contribution in [0.3, 0.4) is 0 Å². The number of aromatic nitrogens is 2. The van der Waals surface area contributed by atoms with Gasteiger partial charge in [-0.3, -0.25) is 0 Å². The third-order valence-electron chi connectivity index (χ3n) is 4.29. The molecule has 0 saturated heterocycles. The first-order valence-corrected chi connectivity index (χ1v) is 7.74. The third kappa shape index (κ3) is 2.95. The number of rotatable bonds is 5. The Kier molecular flexibility index (Phi) is 4.25. The lowest BCUT2D eigenvalue weighted by molar-refractivity contribution is 0.289. The second kappa shape index (κ2) is 6.31. The number of imidazole rings is 1. The van der Waals surface area contributed by atoms with Crippen LogP contribution in [0.1, 0.15) is 42.8 Å². The molecule has 0 amide bonds. The predicted molar refractivity (Wildman–Crippen MR) is 83.4 cm³/mol. The van der Waals surface area contributed by atoms with Gasteiger partial charge in [-0.2, -0.15) is 0 Å². The lowest BCUT2D eigenvalue weighted by Crippen LogP contribution is -2.21. The van der Waals surface area contributed by atoms with Crippen LogP contribution in [0.5, 0.6) is 5.75 Å². The summed E-state index contributed by atoms with van der Waals surface area (Å²) in [6, 6.07) is 6.93. The third-order valence-corrected chi connectivity index (χ3v) is 4.29. The van der Waals surface area contributed by atoms with Crippen LogP contribution < -0.4 is 10.1 Å². The minimum atomic E-state index is 0.454. The molecule has 0 aliphatic heterocycles. The molecule has 0 spiro atoms. The van der Waals surface area contributed by atoms with Gasteiger partial charge in [0.15, 0.2) is 0 Å². The highest BCUT2D eigenvalue weighted by molar-refractivity contribution is 5.39. The Balaban J connectivity index is 1.74. The molecule has 0 fully saturated rings. The highest BCUT2D eigenvalue weighted by Crippen LogP contribution is 2.32. The van der Waals surface area contributed by atoms with Crippen LogP contribution in [0.25, 0.3) is 0 Å². The molecule has 1 heterocycles. The average molecular weight is 285 g/mol. The summed E-state index contributed by atoms with van der Waals surface area (Å²) in [4.78, 5) is 4.35. The normalized spacial score (nSPS) is 17.5. The number of benzene rings is 1. The number of ether oxygens (including phenoxy) is 1. The van der Waals surface area contributed by atoms with E-state index >= 15 is 0 Å². The first-order valence-electron chi connectivity index (χ1n) is 7.74. The van der Waals surface area contributed by atoms with E-state index < -0.39 is 0 Å². The average Bonchev–Trinajstić information content (AvgIpc) is 2.99. The molecule has 112 valence electrons. The molecular formula is C17H23N3O. The Hall–Kier alpha value is -1.81. The smallest absolute Gasteiger partial charge is 0.146 e. The molecular weight excluding hydrogens is 262 g/mol. The zero-order valence-corrected chi connectivity index (χ0v) is 12.8. The van der Waals surface area contributed by atoms with Crippen LogP contribution in [-0.4, -0.2) is 16.6 Å². The van der Waals surface area contributed by atoms with Crippen molar-refractivity contribution in [1.82, 2.24) is 14.9 Å². The van der Waals surface area contributed by atoms with E-state index in [0.717, 1.165) is 18.1 Å². The molecule has 1 unspecified atom stereocenters. The maximum absolute atomic E-state index is 5.94. The van der Waals surface area contributed by atoms with Crippen molar-refractivity contribution < 1.29 is 4.74 Å². The quantitative estimate of drug-likeness (QED) is 0.917. The summed E-state index contributed by atoms with van der Waals surface area (Å²) in [5.41, 5.74) is 2.84. The number of nitrogens with zero attached hydrogens (tertiary/aromatic N) is 2. The fraction of sp³-hybridized carbons (Fsp3) is 0.471. The SMILES string of the molecule is CCn1ccnc1COc1ccc2c(c1)C(NC)CCC2. The van der Waals surface area contributed by atoms with Crippen LogP contribution in [0.2, 0.25) is 0 Å². The van der Waals surface area contributed by atoms with Gasteiger partial charge in [0.05, 0.1) is 0 Å². The first-order chi connectivity index (χ1) is 10.3. The van der Waals surface area contributed by atoms with Crippen LogP contribution in [0.15, 0.2) is 30.6 Å². The van der Waals surface area contributed by atoms with Crippen molar-refractivity contribution in [3.05, 3.63) is 47.5 Å². The number of hydrogen-bond acceptors (Lipinski definition) is 3. The molecule has 0 saturated carbocycles. The Labute approximate surface area is 126 Å². The van der Waals surface area contributed by atoms with E-state index in [9.17, 15) is 0 Å². The lowest BCUT2D eigenvalue weighted by Gasteiger charge is -2.25. The Morgan fingerprint density at radius 3 is 3.14 bits per heavy atom. The van der Waals surface area contributed by atoms with Gasteiger partial charge < -0.3 is 14.6 Å². The second-order valence-electron chi connectivity index (χ2n) is 5.51. The van der Waals surface area contributed by atoms with Gasteiger partial charge >= 0.3 is 0 Å². The van der Waals surface area contributed by atoms with Crippen LogP contribution in [0, 0.1) is 0 Å². The maximum atomic E-state index is 5.94. The Morgan fingerprint density at radius 2 is 2.33 bits per heavy atom. The monoisotopic (exact) mass is 285 g/mol. The summed E-state index contributed by atoms with van der Waals surface area (Å²) in [5, 5.41) is 3.40.